The summed E-state index contributed by atoms with van der Waals surface area (Å²) in [7, 11) is -3.65. The lowest BCUT2D eigenvalue weighted by atomic mass is 9.98. The number of halogens is 1. The van der Waals surface area contributed by atoms with Crippen LogP contribution in [-0.4, -0.2) is 54.0 Å². The summed E-state index contributed by atoms with van der Waals surface area (Å²) < 4.78 is 27.2. The van der Waals surface area contributed by atoms with Crippen molar-refractivity contribution in [1.29, 1.82) is 0 Å². The van der Waals surface area contributed by atoms with Gasteiger partial charge in [0.25, 0.3) is 0 Å². The highest BCUT2D eigenvalue weighted by Crippen LogP contribution is 2.26. The van der Waals surface area contributed by atoms with Crippen LogP contribution >= 0.6 is 12.4 Å². The third-order valence-electron chi connectivity index (χ3n) is 4.13. The molecule has 1 amide bonds. The largest absolute Gasteiger partial charge is 0.354 e. The molecule has 144 valence electrons. The minimum atomic E-state index is -3.65. The number of carbonyl (C=O) groups excluding carboxylic acids is 1. The number of carbonyl (C=O) groups is 1. The first-order chi connectivity index (χ1) is 11.0. The molecular formula is C15H28ClN5O3S. The van der Waals surface area contributed by atoms with Crippen LogP contribution in [0.5, 0.6) is 0 Å². The second kappa shape index (κ2) is 8.03. The first-order valence-corrected chi connectivity index (χ1v) is 9.54. The molecule has 1 saturated heterocycles. The number of nitrogens with zero attached hydrogens (tertiary/aromatic N) is 2. The summed E-state index contributed by atoms with van der Waals surface area (Å²) in [6, 6.07) is 0. The van der Waals surface area contributed by atoms with E-state index in [2.05, 4.69) is 15.5 Å². The zero-order valence-corrected chi connectivity index (χ0v) is 16.8. The average molecular weight is 394 g/mol. The van der Waals surface area contributed by atoms with Crippen molar-refractivity contribution in [2.75, 3.05) is 19.6 Å². The normalized spacial score (nSPS) is 19.3. The van der Waals surface area contributed by atoms with Crippen LogP contribution in [0.3, 0.4) is 0 Å². The van der Waals surface area contributed by atoms with E-state index < -0.39 is 15.6 Å². The van der Waals surface area contributed by atoms with E-state index in [1.807, 2.05) is 13.8 Å². The van der Waals surface area contributed by atoms with Gasteiger partial charge in [-0.2, -0.15) is 9.40 Å². The van der Waals surface area contributed by atoms with Crippen molar-refractivity contribution >= 4 is 28.3 Å². The Hall–Kier alpha value is -1.16. The Bertz CT molecular complexity index is 692. The number of hydrogen-bond donors (Lipinski definition) is 3. The molecule has 0 aromatic carbocycles. The molecular weight excluding hydrogens is 366 g/mol. The topological polar surface area (TPSA) is 121 Å². The van der Waals surface area contributed by atoms with Crippen LogP contribution in [0.1, 0.15) is 38.1 Å². The number of sulfonamides is 1. The SMILES string of the molecule is Cc1n[nH]c(C)c1S(=O)(=O)N1CCCC(C(=O)NCC(C)(C)N)C1.Cl. The molecule has 2 rings (SSSR count). The molecule has 2 heterocycles. The van der Waals surface area contributed by atoms with Crippen molar-refractivity contribution in [3.8, 4) is 0 Å². The lowest BCUT2D eigenvalue weighted by molar-refractivity contribution is -0.126. The van der Waals surface area contributed by atoms with Gasteiger partial charge >= 0.3 is 0 Å². The van der Waals surface area contributed by atoms with E-state index in [1.54, 1.807) is 13.8 Å². The van der Waals surface area contributed by atoms with Gasteiger partial charge in [-0.1, -0.05) is 0 Å². The molecule has 0 spiro atoms. The Morgan fingerprint density at radius 3 is 2.60 bits per heavy atom. The summed E-state index contributed by atoms with van der Waals surface area (Å²) in [5.41, 5.74) is 6.34. The lowest BCUT2D eigenvalue weighted by Gasteiger charge is -2.32. The Morgan fingerprint density at radius 1 is 1.44 bits per heavy atom. The molecule has 1 aromatic rings. The molecule has 10 heteroatoms. The smallest absolute Gasteiger partial charge is 0.246 e. The molecule has 1 aliphatic heterocycles. The number of aromatic nitrogens is 2. The fourth-order valence-electron chi connectivity index (χ4n) is 2.88. The molecule has 0 saturated carbocycles. The van der Waals surface area contributed by atoms with Gasteiger partial charge in [0.05, 0.1) is 17.3 Å². The highest BCUT2D eigenvalue weighted by Gasteiger charge is 2.35. The molecule has 1 atom stereocenters. The predicted molar refractivity (Wildman–Crippen MR) is 98.1 cm³/mol. The van der Waals surface area contributed by atoms with E-state index in [-0.39, 0.29) is 35.7 Å². The third kappa shape index (κ3) is 5.16. The minimum absolute atomic E-state index is 0. The third-order valence-corrected chi connectivity index (χ3v) is 6.26. The maximum atomic E-state index is 12.9. The van der Waals surface area contributed by atoms with Gasteiger partial charge in [-0.05, 0) is 40.5 Å². The van der Waals surface area contributed by atoms with E-state index in [0.717, 1.165) is 0 Å². The minimum Gasteiger partial charge on any atom is -0.354 e. The van der Waals surface area contributed by atoms with Gasteiger partial charge in [0, 0.05) is 25.2 Å². The van der Waals surface area contributed by atoms with Crippen LogP contribution in [-0.2, 0) is 14.8 Å². The maximum absolute atomic E-state index is 12.9. The number of nitrogens with one attached hydrogen (secondary N) is 2. The Balaban J connectivity index is 0.00000312. The summed E-state index contributed by atoms with van der Waals surface area (Å²) in [5, 5.41) is 9.49. The fraction of sp³-hybridized carbons (Fsp3) is 0.733. The number of amides is 1. The molecule has 0 bridgehead atoms. The standard InChI is InChI=1S/C15H27N5O3S.ClH/c1-10-13(11(2)19-18-10)24(22,23)20-7-5-6-12(8-20)14(21)17-9-15(3,4)16;/h12H,5-9,16H2,1-4H3,(H,17,21)(H,18,19);1H. The molecule has 0 aliphatic carbocycles. The number of piperidine rings is 1. The Morgan fingerprint density at radius 2 is 2.08 bits per heavy atom. The summed E-state index contributed by atoms with van der Waals surface area (Å²) in [5.74, 6) is -0.502. The number of aryl methyl sites for hydroxylation is 2. The Labute approximate surface area is 155 Å². The number of hydrogen-bond acceptors (Lipinski definition) is 5. The summed E-state index contributed by atoms with van der Waals surface area (Å²) in [6.45, 7) is 7.96. The van der Waals surface area contributed by atoms with Crippen LogP contribution in [0.2, 0.25) is 0 Å². The van der Waals surface area contributed by atoms with Gasteiger partial charge in [0.15, 0.2) is 0 Å². The van der Waals surface area contributed by atoms with Crippen LogP contribution in [0.15, 0.2) is 4.90 Å². The number of H-pyrrole nitrogens is 1. The van der Waals surface area contributed by atoms with E-state index in [4.69, 9.17) is 5.73 Å². The molecule has 1 unspecified atom stereocenters. The van der Waals surface area contributed by atoms with Crippen molar-refractivity contribution in [3.63, 3.8) is 0 Å². The summed E-state index contributed by atoms with van der Waals surface area (Å²) in [4.78, 5) is 12.5. The van der Waals surface area contributed by atoms with Gasteiger partial charge < -0.3 is 11.1 Å². The molecule has 1 aliphatic rings. The number of rotatable bonds is 5. The highest BCUT2D eigenvalue weighted by molar-refractivity contribution is 7.89. The molecule has 4 N–H and O–H groups in total. The molecule has 1 aromatic heterocycles. The lowest BCUT2D eigenvalue weighted by Crippen LogP contribution is -2.50. The predicted octanol–water partition coefficient (Wildman–Crippen LogP) is 0.703. The van der Waals surface area contributed by atoms with E-state index >= 15 is 0 Å². The van der Waals surface area contributed by atoms with Crippen molar-refractivity contribution in [1.82, 2.24) is 19.8 Å². The van der Waals surface area contributed by atoms with Crippen molar-refractivity contribution in [2.45, 2.75) is 51.0 Å². The van der Waals surface area contributed by atoms with E-state index in [1.165, 1.54) is 4.31 Å². The first-order valence-electron chi connectivity index (χ1n) is 8.10. The summed E-state index contributed by atoms with van der Waals surface area (Å²) in [6.07, 6.45) is 1.32. The van der Waals surface area contributed by atoms with Gasteiger partial charge in [-0.15, -0.1) is 12.4 Å². The number of nitrogens with two attached hydrogens (primary N) is 1. The molecule has 1 fully saturated rings. The highest BCUT2D eigenvalue weighted by atomic mass is 35.5. The van der Waals surface area contributed by atoms with Crippen LogP contribution in [0, 0.1) is 19.8 Å². The molecule has 8 nitrogen and oxygen atoms in total. The average Bonchev–Trinajstić information content (AvgIpc) is 2.83. The first kappa shape index (κ1) is 21.9. The number of aromatic amines is 1. The van der Waals surface area contributed by atoms with Crippen molar-refractivity contribution in [3.05, 3.63) is 11.4 Å². The fourth-order valence-corrected chi connectivity index (χ4v) is 4.74. The maximum Gasteiger partial charge on any atom is 0.246 e. The van der Waals surface area contributed by atoms with Gasteiger partial charge in [-0.3, -0.25) is 9.89 Å². The van der Waals surface area contributed by atoms with E-state index in [0.29, 0.717) is 37.3 Å². The summed E-state index contributed by atoms with van der Waals surface area (Å²) >= 11 is 0. The second-order valence-electron chi connectivity index (χ2n) is 7.17. The molecule has 25 heavy (non-hydrogen) atoms. The quantitative estimate of drug-likeness (QED) is 0.679. The Kier molecular flexibility index (Phi) is 7.03. The zero-order valence-electron chi connectivity index (χ0n) is 15.1. The van der Waals surface area contributed by atoms with Crippen molar-refractivity contribution in [2.24, 2.45) is 11.7 Å². The van der Waals surface area contributed by atoms with Gasteiger partial charge in [0.2, 0.25) is 15.9 Å². The monoisotopic (exact) mass is 393 g/mol. The van der Waals surface area contributed by atoms with Crippen LogP contribution in [0.4, 0.5) is 0 Å². The van der Waals surface area contributed by atoms with Gasteiger partial charge in [0.1, 0.15) is 4.90 Å². The second-order valence-corrected chi connectivity index (χ2v) is 9.05. The zero-order chi connectivity index (χ0) is 18.1. The molecule has 0 radical (unpaired) electrons. The van der Waals surface area contributed by atoms with Crippen LogP contribution in [0.25, 0.3) is 0 Å². The van der Waals surface area contributed by atoms with Crippen LogP contribution < -0.4 is 11.1 Å². The van der Waals surface area contributed by atoms with E-state index in [9.17, 15) is 13.2 Å². The van der Waals surface area contributed by atoms with Crippen molar-refractivity contribution < 1.29 is 13.2 Å². The van der Waals surface area contributed by atoms with Gasteiger partial charge in [-0.25, -0.2) is 8.42 Å².